The largest absolute Gasteiger partial charge is 0.337 e. The second kappa shape index (κ2) is 6.25. The zero-order chi connectivity index (χ0) is 15.8. The number of benzene rings is 1. The number of amides is 1. The standard InChI is InChI=1S/C19H27N3O/c20-18-7-3-6-16-10-21(12-17(16)18)13-19(23)22-9-8-14-4-1-2-5-15(14)11-22/h1-2,4-5,16-18H,3,6-13,20H2. The zero-order valence-corrected chi connectivity index (χ0v) is 13.8. The van der Waals surface area contributed by atoms with Crippen molar-refractivity contribution in [2.75, 3.05) is 26.2 Å². The van der Waals surface area contributed by atoms with Crippen molar-refractivity contribution in [2.24, 2.45) is 17.6 Å². The van der Waals surface area contributed by atoms with Crippen molar-refractivity contribution in [3.05, 3.63) is 35.4 Å². The monoisotopic (exact) mass is 313 g/mol. The average molecular weight is 313 g/mol. The lowest BCUT2D eigenvalue weighted by molar-refractivity contribution is -0.133. The number of rotatable bonds is 2. The lowest BCUT2D eigenvalue weighted by Crippen LogP contribution is -2.42. The van der Waals surface area contributed by atoms with Gasteiger partial charge in [-0.25, -0.2) is 0 Å². The SMILES string of the molecule is NC1CCCC2CN(CC(=O)N3CCc4ccccc4C3)CC12. The molecule has 3 aliphatic rings. The highest BCUT2D eigenvalue weighted by Gasteiger charge is 2.39. The number of fused-ring (bicyclic) bond motifs is 2. The maximum absolute atomic E-state index is 12.7. The molecule has 1 aromatic rings. The molecule has 3 atom stereocenters. The van der Waals surface area contributed by atoms with E-state index in [1.807, 2.05) is 4.90 Å². The molecule has 2 fully saturated rings. The molecule has 2 heterocycles. The number of carbonyl (C=O) groups excluding carboxylic acids is 1. The molecule has 4 heteroatoms. The van der Waals surface area contributed by atoms with Crippen molar-refractivity contribution in [1.82, 2.24) is 9.80 Å². The van der Waals surface area contributed by atoms with Crippen molar-refractivity contribution in [3.63, 3.8) is 0 Å². The number of carbonyl (C=O) groups is 1. The summed E-state index contributed by atoms with van der Waals surface area (Å²) in [6, 6.07) is 8.84. The van der Waals surface area contributed by atoms with E-state index in [0.717, 1.165) is 39.0 Å². The van der Waals surface area contributed by atoms with E-state index in [0.29, 0.717) is 24.4 Å². The molecule has 0 bridgehead atoms. The maximum Gasteiger partial charge on any atom is 0.237 e. The van der Waals surface area contributed by atoms with Crippen LogP contribution in [0.15, 0.2) is 24.3 Å². The molecule has 1 amide bonds. The van der Waals surface area contributed by atoms with Gasteiger partial charge in [-0.05, 0) is 42.2 Å². The fraction of sp³-hybridized carbons (Fsp3) is 0.632. The lowest BCUT2D eigenvalue weighted by Gasteiger charge is -2.30. The summed E-state index contributed by atoms with van der Waals surface area (Å²) in [5.41, 5.74) is 8.99. The molecule has 0 spiro atoms. The van der Waals surface area contributed by atoms with Crippen molar-refractivity contribution in [2.45, 2.75) is 38.3 Å². The first-order valence-corrected chi connectivity index (χ1v) is 9.03. The van der Waals surface area contributed by atoms with E-state index in [9.17, 15) is 4.79 Å². The molecular formula is C19H27N3O. The zero-order valence-electron chi connectivity index (χ0n) is 13.8. The van der Waals surface area contributed by atoms with Crippen molar-refractivity contribution < 1.29 is 4.79 Å². The van der Waals surface area contributed by atoms with E-state index < -0.39 is 0 Å². The predicted octanol–water partition coefficient (Wildman–Crippen LogP) is 1.63. The Balaban J connectivity index is 1.36. The van der Waals surface area contributed by atoms with Gasteiger partial charge in [-0.15, -0.1) is 0 Å². The molecule has 2 aliphatic heterocycles. The molecule has 1 aliphatic carbocycles. The minimum absolute atomic E-state index is 0.284. The highest BCUT2D eigenvalue weighted by Crippen LogP contribution is 2.35. The van der Waals surface area contributed by atoms with Gasteiger partial charge >= 0.3 is 0 Å². The molecule has 2 N–H and O–H groups in total. The van der Waals surface area contributed by atoms with Gasteiger partial charge in [0.2, 0.25) is 5.91 Å². The Morgan fingerprint density at radius 3 is 2.83 bits per heavy atom. The van der Waals surface area contributed by atoms with E-state index in [4.69, 9.17) is 5.73 Å². The van der Waals surface area contributed by atoms with Gasteiger partial charge in [0.15, 0.2) is 0 Å². The Labute approximate surface area is 138 Å². The first-order valence-electron chi connectivity index (χ1n) is 9.03. The Hall–Kier alpha value is -1.39. The summed E-state index contributed by atoms with van der Waals surface area (Å²) >= 11 is 0. The van der Waals surface area contributed by atoms with Crippen LogP contribution in [0.1, 0.15) is 30.4 Å². The van der Waals surface area contributed by atoms with Crippen LogP contribution in [0, 0.1) is 11.8 Å². The maximum atomic E-state index is 12.7. The van der Waals surface area contributed by atoms with E-state index in [-0.39, 0.29) is 5.91 Å². The molecule has 0 aromatic heterocycles. The summed E-state index contributed by atoms with van der Waals surface area (Å²) in [7, 11) is 0. The van der Waals surface area contributed by atoms with Crippen LogP contribution in [-0.4, -0.2) is 47.9 Å². The second-order valence-electron chi connectivity index (χ2n) is 7.55. The third-order valence-electron chi connectivity index (χ3n) is 6.07. The van der Waals surface area contributed by atoms with Crippen molar-refractivity contribution >= 4 is 5.91 Å². The van der Waals surface area contributed by atoms with Crippen LogP contribution in [0.2, 0.25) is 0 Å². The van der Waals surface area contributed by atoms with Gasteiger partial charge in [0.05, 0.1) is 6.54 Å². The first kappa shape index (κ1) is 15.2. The Morgan fingerprint density at radius 2 is 2.00 bits per heavy atom. The van der Waals surface area contributed by atoms with Crippen molar-refractivity contribution in [3.8, 4) is 0 Å². The average Bonchev–Trinajstić information content (AvgIpc) is 2.98. The minimum Gasteiger partial charge on any atom is -0.337 e. The number of hydrogen-bond acceptors (Lipinski definition) is 3. The molecule has 0 radical (unpaired) electrons. The third-order valence-corrected chi connectivity index (χ3v) is 6.07. The van der Waals surface area contributed by atoms with Gasteiger partial charge in [0, 0.05) is 32.2 Å². The van der Waals surface area contributed by atoms with Gasteiger partial charge < -0.3 is 10.6 Å². The van der Waals surface area contributed by atoms with E-state index in [1.54, 1.807) is 0 Å². The summed E-state index contributed by atoms with van der Waals surface area (Å²) in [6.45, 7) is 4.28. The first-order chi connectivity index (χ1) is 11.2. The highest BCUT2D eigenvalue weighted by atomic mass is 16.2. The summed E-state index contributed by atoms with van der Waals surface area (Å²) in [5.74, 6) is 1.61. The Bertz CT molecular complexity index is 588. The molecule has 1 saturated heterocycles. The number of hydrogen-bond donors (Lipinski definition) is 1. The normalized spacial score (nSPS) is 30.8. The van der Waals surface area contributed by atoms with E-state index >= 15 is 0 Å². The summed E-state index contributed by atoms with van der Waals surface area (Å²) in [5, 5.41) is 0. The summed E-state index contributed by atoms with van der Waals surface area (Å²) in [6.07, 6.45) is 4.69. The fourth-order valence-electron chi connectivity index (χ4n) is 4.74. The minimum atomic E-state index is 0.284. The van der Waals surface area contributed by atoms with Crippen LogP contribution in [0.25, 0.3) is 0 Å². The molecule has 1 aromatic carbocycles. The number of nitrogens with two attached hydrogens (primary N) is 1. The molecule has 3 unspecified atom stereocenters. The van der Waals surface area contributed by atoms with Crippen LogP contribution in [0.3, 0.4) is 0 Å². The second-order valence-corrected chi connectivity index (χ2v) is 7.55. The molecule has 4 rings (SSSR count). The van der Waals surface area contributed by atoms with Gasteiger partial charge in [-0.1, -0.05) is 30.7 Å². The van der Waals surface area contributed by atoms with Crippen LogP contribution in [-0.2, 0) is 17.8 Å². The van der Waals surface area contributed by atoms with Gasteiger partial charge in [0.25, 0.3) is 0 Å². The van der Waals surface area contributed by atoms with Crippen LogP contribution in [0.4, 0.5) is 0 Å². The Morgan fingerprint density at radius 1 is 1.17 bits per heavy atom. The van der Waals surface area contributed by atoms with Crippen molar-refractivity contribution in [1.29, 1.82) is 0 Å². The third kappa shape index (κ3) is 3.02. The predicted molar refractivity (Wildman–Crippen MR) is 90.8 cm³/mol. The molecule has 124 valence electrons. The van der Waals surface area contributed by atoms with Gasteiger partial charge in [0.1, 0.15) is 0 Å². The topological polar surface area (TPSA) is 49.6 Å². The smallest absolute Gasteiger partial charge is 0.237 e. The fourth-order valence-corrected chi connectivity index (χ4v) is 4.74. The molecular weight excluding hydrogens is 286 g/mol. The molecule has 4 nitrogen and oxygen atoms in total. The highest BCUT2D eigenvalue weighted by molar-refractivity contribution is 5.78. The molecule has 23 heavy (non-hydrogen) atoms. The van der Waals surface area contributed by atoms with E-state index in [2.05, 4.69) is 29.2 Å². The van der Waals surface area contributed by atoms with Crippen LogP contribution < -0.4 is 5.73 Å². The van der Waals surface area contributed by atoms with Gasteiger partial charge in [-0.3, -0.25) is 9.69 Å². The summed E-state index contributed by atoms with van der Waals surface area (Å²) < 4.78 is 0. The summed E-state index contributed by atoms with van der Waals surface area (Å²) in [4.78, 5) is 17.1. The lowest BCUT2D eigenvalue weighted by atomic mass is 9.78. The molecule has 1 saturated carbocycles. The van der Waals surface area contributed by atoms with Crippen LogP contribution in [0.5, 0.6) is 0 Å². The number of likely N-dealkylation sites (tertiary alicyclic amines) is 1. The Kier molecular flexibility index (Phi) is 4.12. The number of nitrogens with zero attached hydrogens (tertiary/aromatic N) is 2. The quantitative estimate of drug-likeness (QED) is 0.903. The van der Waals surface area contributed by atoms with Gasteiger partial charge in [-0.2, -0.15) is 0 Å². The van der Waals surface area contributed by atoms with Crippen LogP contribution >= 0.6 is 0 Å². The van der Waals surface area contributed by atoms with E-state index in [1.165, 1.54) is 24.0 Å².